The van der Waals surface area contributed by atoms with Crippen LogP contribution in [0.25, 0.3) is 0 Å². The van der Waals surface area contributed by atoms with Crippen LogP contribution in [0.2, 0.25) is 0 Å². The van der Waals surface area contributed by atoms with Crippen molar-refractivity contribution in [3.8, 4) is 0 Å². The van der Waals surface area contributed by atoms with Crippen molar-refractivity contribution in [2.24, 2.45) is 0 Å². The van der Waals surface area contributed by atoms with Crippen LogP contribution in [0.5, 0.6) is 0 Å². The average Bonchev–Trinajstić information content (AvgIpc) is 2.01. The molecule has 1 aromatic rings. The number of hydrogen-bond acceptors (Lipinski definition) is 1. The molecule has 0 saturated carbocycles. The normalized spacial score (nSPS) is 10.2. The third-order valence-electron chi connectivity index (χ3n) is 1.33. The molecule has 0 saturated heterocycles. The molecule has 6 heteroatoms. The fourth-order valence-corrected chi connectivity index (χ4v) is 2.55. The van der Waals surface area contributed by atoms with Crippen LogP contribution in [0, 0.1) is 9.39 Å². The summed E-state index contributed by atoms with van der Waals surface area (Å²) in [5.41, 5.74) is -0.318. The Bertz CT molecular complexity index is 355. The molecule has 0 bridgehead atoms. The minimum absolute atomic E-state index is 0.136. The molecular weight excluding hydrogens is 422 g/mol. The van der Waals surface area contributed by atoms with Crippen LogP contribution in [0.1, 0.15) is 10.4 Å². The van der Waals surface area contributed by atoms with E-state index in [2.05, 4.69) is 31.9 Å². The highest BCUT2D eigenvalue weighted by molar-refractivity contribution is 14.1. The molecule has 1 rings (SSSR count). The van der Waals surface area contributed by atoms with Gasteiger partial charge in [0, 0.05) is 8.04 Å². The van der Waals surface area contributed by atoms with Crippen LogP contribution in [0.3, 0.4) is 0 Å². The first-order valence-corrected chi connectivity index (χ1v) is 5.68. The maximum atomic E-state index is 13.2. The summed E-state index contributed by atoms with van der Waals surface area (Å²) in [6.45, 7) is 0. The SMILES string of the molecule is O=C(O)c1c(F)c(Br)cc(Br)c1I. The van der Waals surface area contributed by atoms with E-state index in [0.29, 0.717) is 8.04 Å². The average molecular weight is 424 g/mol. The van der Waals surface area contributed by atoms with Crippen LogP contribution in [0.15, 0.2) is 15.0 Å². The lowest BCUT2D eigenvalue weighted by Crippen LogP contribution is -2.05. The van der Waals surface area contributed by atoms with Crippen LogP contribution in [-0.4, -0.2) is 11.1 Å². The number of benzene rings is 1. The van der Waals surface area contributed by atoms with Crippen molar-refractivity contribution >= 4 is 60.4 Å². The summed E-state index contributed by atoms with van der Waals surface area (Å²) < 4.78 is 14.3. The maximum absolute atomic E-state index is 13.2. The minimum atomic E-state index is -1.27. The number of carbonyl (C=O) groups is 1. The Morgan fingerprint density at radius 3 is 2.46 bits per heavy atom. The first kappa shape index (κ1) is 11.4. The van der Waals surface area contributed by atoms with Gasteiger partial charge in [0.05, 0.1) is 4.47 Å². The van der Waals surface area contributed by atoms with Gasteiger partial charge in [0.25, 0.3) is 0 Å². The Hall–Kier alpha value is 0.310. The largest absolute Gasteiger partial charge is 0.478 e. The van der Waals surface area contributed by atoms with Crippen molar-refractivity contribution in [1.82, 2.24) is 0 Å². The summed E-state index contributed by atoms with van der Waals surface area (Å²) in [5.74, 6) is -2.02. The van der Waals surface area contributed by atoms with E-state index in [1.807, 2.05) is 0 Å². The van der Waals surface area contributed by atoms with Crippen molar-refractivity contribution in [3.63, 3.8) is 0 Å². The van der Waals surface area contributed by atoms with Gasteiger partial charge in [0.2, 0.25) is 0 Å². The van der Waals surface area contributed by atoms with Gasteiger partial charge in [-0.2, -0.15) is 0 Å². The number of halogens is 4. The smallest absolute Gasteiger partial charge is 0.339 e. The molecule has 70 valence electrons. The predicted molar refractivity (Wildman–Crippen MR) is 61.5 cm³/mol. The van der Waals surface area contributed by atoms with Gasteiger partial charge in [-0.1, -0.05) is 0 Å². The number of carboxylic acid groups (broad SMARTS) is 1. The molecular formula is C7H2Br2FIO2. The summed E-state index contributed by atoms with van der Waals surface area (Å²) in [6.07, 6.45) is 0. The molecule has 0 atom stereocenters. The second kappa shape index (κ2) is 4.22. The van der Waals surface area contributed by atoms with Crippen molar-refractivity contribution in [2.45, 2.75) is 0 Å². The maximum Gasteiger partial charge on any atom is 0.339 e. The number of aromatic carboxylic acids is 1. The van der Waals surface area contributed by atoms with Crippen molar-refractivity contribution in [3.05, 3.63) is 30.0 Å². The van der Waals surface area contributed by atoms with E-state index in [1.165, 1.54) is 6.07 Å². The zero-order valence-electron chi connectivity index (χ0n) is 5.94. The highest BCUT2D eigenvalue weighted by Gasteiger charge is 2.19. The third-order valence-corrected chi connectivity index (χ3v) is 4.39. The van der Waals surface area contributed by atoms with Crippen LogP contribution < -0.4 is 0 Å². The summed E-state index contributed by atoms with van der Waals surface area (Å²) in [7, 11) is 0. The standard InChI is InChI=1S/C7H2Br2FIO2/c8-2-1-3(9)6(11)4(5(2)10)7(12)13/h1H,(H,12,13). The molecule has 0 spiro atoms. The van der Waals surface area contributed by atoms with Crippen LogP contribution in [0.4, 0.5) is 4.39 Å². The molecule has 2 nitrogen and oxygen atoms in total. The van der Waals surface area contributed by atoms with E-state index in [9.17, 15) is 9.18 Å². The van der Waals surface area contributed by atoms with Crippen LogP contribution in [-0.2, 0) is 0 Å². The molecule has 0 aliphatic heterocycles. The fraction of sp³-hybridized carbons (Fsp3) is 0. The van der Waals surface area contributed by atoms with E-state index < -0.39 is 11.8 Å². The Balaban J connectivity index is 3.56. The molecule has 0 radical (unpaired) electrons. The van der Waals surface area contributed by atoms with E-state index in [0.717, 1.165) is 0 Å². The van der Waals surface area contributed by atoms with Gasteiger partial charge in [-0.25, -0.2) is 9.18 Å². The Labute approximate surface area is 104 Å². The first-order valence-electron chi connectivity index (χ1n) is 3.01. The summed E-state index contributed by atoms with van der Waals surface area (Å²) in [6, 6.07) is 1.48. The molecule has 1 aromatic carbocycles. The van der Waals surface area contributed by atoms with Gasteiger partial charge in [-0.3, -0.25) is 0 Å². The molecule has 0 heterocycles. The first-order chi connectivity index (χ1) is 5.95. The highest BCUT2D eigenvalue weighted by atomic mass is 127. The zero-order chi connectivity index (χ0) is 10.2. The van der Waals surface area contributed by atoms with Gasteiger partial charge in [0.1, 0.15) is 5.56 Å². The lowest BCUT2D eigenvalue weighted by atomic mass is 10.2. The van der Waals surface area contributed by atoms with Crippen molar-refractivity contribution in [2.75, 3.05) is 0 Å². The molecule has 0 aliphatic carbocycles. The monoisotopic (exact) mass is 422 g/mol. The Morgan fingerprint density at radius 2 is 2.00 bits per heavy atom. The topological polar surface area (TPSA) is 37.3 Å². The molecule has 0 aromatic heterocycles. The minimum Gasteiger partial charge on any atom is -0.478 e. The van der Waals surface area contributed by atoms with Crippen LogP contribution >= 0.6 is 54.5 Å². The summed E-state index contributed by atoms with van der Waals surface area (Å²) in [4.78, 5) is 10.7. The molecule has 0 fully saturated rings. The molecule has 0 aliphatic rings. The van der Waals surface area contributed by atoms with E-state index in [1.54, 1.807) is 22.6 Å². The zero-order valence-corrected chi connectivity index (χ0v) is 11.3. The molecule has 1 N–H and O–H groups in total. The molecule has 0 unspecified atom stereocenters. The van der Waals surface area contributed by atoms with E-state index >= 15 is 0 Å². The number of carboxylic acids is 1. The Kier molecular flexibility index (Phi) is 3.70. The van der Waals surface area contributed by atoms with E-state index in [4.69, 9.17) is 5.11 Å². The van der Waals surface area contributed by atoms with Gasteiger partial charge in [-0.15, -0.1) is 0 Å². The van der Waals surface area contributed by atoms with Crippen molar-refractivity contribution in [1.29, 1.82) is 0 Å². The Morgan fingerprint density at radius 1 is 1.46 bits per heavy atom. The third kappa shape index (κ3) is 2.21. The lowest BCUT2D eigenvalue weighted by Gasteiger charge is -2.04. The van der Waals surface area contributed by atoms with Gasteiger partial charge in [-0.05, 0) is 60.5 Å². The van der Waals surface area contributed by atoms with Gasteiger partial charge in [0.15, 0.2) is 5.82 Å². The highest BCUT2D eigenvalue weighted by Crippen LogP contribution is 2.30. The molecule has 0 amide bonds. The quantitative estimate of drug-likeness (QED) is 0.553. The van der Waals surface area contributed by atoms with Gasteiger partial charge < -0.3 is 5.11 Å². The fourth-order valence-electron chi connectivity index (χ4n) is 0.761. The van der Waals surface area contributed by atoms with E-state index in [-0.39, 0.29) is 10.0 Å². The second-order valence-corrected chi connectivity index (χ2v) is 4.94. The summed E-state index contributed by atoms with van der Waals surface area (Å²) in [5, 5.41) is 8.71. The second-order valence-electron chi connectivity index (χ2n) is 2.15. The summed E-state index contributed by atoms with van der Waals surface area (Å²) >= 11 is 7.83. The number of hydrogen-bond donors (Lipinski definition) is 1. The lowest BCUT2D eigenvalue weighted by molar-refractivity contribution is 0.0690. The molecule has 13 heavy (non-hydrogen) atoms. The van der Waals surface area contributed by atoms with Crippen molar-refractivity contribution < 1.29 is 14.3 Å². The predicted octanol–water partition coefficient (Wildman–Crippen LogP) is 3.65. The van der Waals surface area contributed by atoms with Gasteiger partial charge >= 0.3 is 5.97 Å². The number of rotatable bonds is 1.